The van der Waals surface area contributed by atoms with Crippen molar-refractivity contribution in [2.45, 2.75) is 65.1 Å². The van der Waals surface area contributed by atoms with Gasteiger partial charge in [-0.3, -0.25) is 4.79 Å². The number of benzene rings is 2. The first-order chi connectivity index (χ1) is 21.3. The smallest absolute Gasteiger partial charge is 0.264 e. The molecule has 5 rings (SSSR count). The van der Waals surface area contributed by atoms with Gasteiger partial charge in [0.05, 0.1) is 35.5 Å². The first-order valence-electron chi connectivity index (χ1n) is 14.6. The van der Waals surface area contributed by atoms with Crippen LogP contribution in [0.25, 0.3) is 11.3 Å². The van der Waals surface area contributed by atoms with E-state index >= 15 is 0 Å². The lowest BCUT2D eigenvalue weighted by Crippen LogP contribution is -2.45. The van der Waals surface area contributed by atoms with Crippen molar-refractivity contribution >= 4 is 21.9 Å². The van der Waals surface area contributed by atoms with Crippen molar-refractivity contribution in [1.29, 1.82) is 0 Å². The summed E-state index contributed by atoms with van der Waals surface area (Å²) in [7, 11) is -2.59. The molecule has 0 fully saturated rings. The number of fused-ring (bicyclic) bond motifs is 4. The third-order valence-corrected chi connectivity index (χ3v) is 8.72. The predicted octanol–water partition coefficient (Wildman–Crippen LogP) is 5.34. The average molecular weight is 631 g/mol. The van der Waals surface area contributed by atoms with E-state index in [2.05, 4.69) is 45.4 Å². The van der Waals surface area contributed by atoms with Crippen LogP contribution >= 0.6 is 0 Å². The molecule has 1 aliphatic rings. The minimum absolute atomic E-state index is 0.0679. The first-order valence-corrected chi connectivity index (χ1v) is 16.1. The topological polar surface area (TPSA) is 136 Å². The Morgan fingerprint density at radius 3 is 2.47 bits per heavy atom. The Balaban J connectivity index is 1.67. The molecule has 4 bridgehead atoms. The molecular weight excluding hydrogens is 592 g/mol. The molecule has 12 heteroatoms. The minimum Gasteiger partial charge on any atom is -0.475 e. The molecule has 2 aromatic carbocycles. The van der Waals surface area contributed by atoms with E-state index in [1.807, 2.05) is 32.0 Å². The van der Waals surface area contributed by atoms with Crippen molar-refractivity contribution in [2.24, 2.45) is 5.41 Å². The Morgan fingerprint density at radius 2 is 1.76 bits per heavy atom. The normalized spacial score (nSPS) is 16.5. The van der Waals surface area contributed by atoms with E-state index < -0.39 is 16.1 Å². The largest absolute Gasteiger partial charge is 0.475 e. The number of sulfonamides is 1. The van der Waals surface area contributed by atoms with E-state index in [1.54, 1.807) is 42.5 Å². The number of carbonyl (C=O) groups excluding carboxylic acids is 1. The maximum absolute atomic E-state index is 14.3. The van der Waals surface area contributed by atoms with E-state index in [9.17, 15) is 13.2 Å². The Labute approximate surface area is 264 Å². The van der Waals surface area contributed by atoms with Crippen molar-refractivity contribution in [3.8, 4) is 17.1 Å². The highest BCUT2D eigenvalue weighted by atomic mass is 32.2. The van der Waals surface area contributed by atoms with Crippen molar-refractivity contribution in [2.75, 3.05) is 18.4 Å². The summed E-state index contributed by atoms with van der Waals surface area (Å²) in [4.78, 5) is 33.9. The van der Waals surface area contributed by atoms with Crippen LogP contribution in [0.2, 0.25) is 0 Å². The van der Waals surface area contributed by atoms with Crippen LogP contribution in [-0.2, 0) is 27.9 Å². The highest BCUT2D eigenvalue weighted by Gasteiger charge is 2.32. The summed E-state index contributed by atoms with van der Waals surface area (Å²) in [6.45, 7) is 10.6. The van der Waals surface area contributed by atoms with Crippen LogP contribution in [0.15, 0.2) is 65.7 Å². The summed E-state index contributed by atoms with van der Waals surface area (Å²) in [5.74, 6) is 0.0942. The standard InChI is InChI=1S/C33H38N6O5S/c1-21-9-7-10-22(2)30(21)27-16-29-37-32(36-27)38-45(41,42)26-12-8-11-23(15-26)31(40)39(25(20-44-29)17-33(3,4)5)18-28-34-14-13-24(35-28)19-43-6/h7-16,25H,17-20H2,1-6H3,(H,36,37,38)/t25-/m1/s1. The molecule has 11 nitrogen and oxygen atoms in total. The fraction of sp³-hybridized carbons (Fsp3) is 0.364. The molecule has 0 saturated heterocycles. The molecule has 0 saturated carbocycles. The summed E-state index contributed by atoms with van der Waals surface area (Å²) in [6.07, 6.45) is 2.20. The summed E-state index contributed by atoms with van der Waals surface area (Å²) in [5, 5.41) is 0. The van der Waals surface area contributed by atoms with Gasteiger partial charge >= 0.3 is 0 Å². The lowest BCUT2D eigenvalue weighted by Gasteiger charge is -2.35. The molecule has 45 heavy (non-hydrogen) atoms. The van der Waals surface area contributed by atoms with Crippen molar-refractivity contribution in [3.63, 3.8) is 0 Å². The van der Waals surface area contributed by atoms with Gasteiger partial charge in [-0.15, -0.1) is 0 Å². The van der Waals surface area contributed by atoms with Gasteiger partial charge in [0.2, 0.25) is 11.8 Å². The summed E-state index contributed by atoms with van der Waals surface area (Å²) >= 11 is 0. The summed E-state index contributed by atoms with van der Waals surface area (Å²) in [6, 6.07) is 14.8. The number of nitrogens with zero attached hydrogens (tertiary/aromatic N) is 5. The van der Waals surface area contributed by atoms with Crippen LogP contribution in [0.5, 0.6) is 5.88 Å². The fourth-order valence-corrected chi connectivity index (χ4v) is 6.43. The number of aryl methyl sites for hydroxylation is 2. The number of hydrogen-bond acceptors (Lipinski definition) is 9. The molecule has 1 N–H and O–H groups in total. The molecule has 1 atom stereocenters. The quantitative estimate of drug-likeness (QED) is 0.299. The number of ether oxygens (including phenoxy) is 2. The van der Waals surface area contributed by atoms with Crippen LogP contribution < -0.4 is 9.46 Å². The Morgan fingerprint density at radius 1 is 1.02 bits per heavy atom. The zero-order valence-electron chi connectivity index (χ0n) is 26.4. The number of anilines is 1. The highest BCUT2D eigenvalue weighted by molar-refractivity contribution is 7.92. The van der Waals surface area contributed by atoms with Crippen molar-refractivity contribution in [3.05, 3.63) is 89.0 Å². The van der Waals surface area contributed by atoms with Crippen molar-refractivity contribution in [1.82, 2.24) is 24.8 Å². The van der Waals surface area contributed by atoms with E-state index in [-0.39, 0.29) is 46.8 Å². The zero-order chi connectivity index (χ0) is 32.4. The zero-order valence-corrected chi connectivity index (χ0v) is 27.2. The molecule has 0 spiro atoms. The van der Waals surface area contributed by atoms with Gasteiger partial charge in [0.1, 0.15) is 12.4 Å². The van der Waals surface area contributed by atoms with Gasteiger partial charge in [-0.25, -0.2) is 28.1 Å². The highest BCUT2D eigenvalue weighted by Crippen LogP contribution is 2.31. The SMILES string of the molecule is COCc1ccnc(CN2C(=O)c3cccc(c3)S(=O)(=O)Nc3nc(cc(-c4c(C)cccc4C)n3)OC[C@H]2CC(C)(C)C)n1. The minimum atomic E-state index is -4.17. The van der Waals surface area contributed by atoms with Crippen LogP contribution in [0.1, 0.15) is 60.2 Å². The van der Waals surface area contributed by atoms with Crippen LogP contribution in [-0.4, -0.2) is 58.9 Å². The van der Waals surface area contributed by atoms with Crippen LogP contribution in [0, 0.1) is 19.3 Å². The maximum atomic E-state index is 14.3. The van der Waals surface area contributed by atoms with Gasteiger partial charge < -0.3 is 14.4 Å². The number of carbonyl (C=O) groups is 1. The number of aromatic nitrogens is 4. The number of amides is 1. The average Bonchev–Trinajstić information content (AvgIpc) is 2.97. The number of hydrogen-bond donors (Lipinski definition) is 1. The molecule has 1 amide bonds. The molecule has 0 unspecified atom stereocenters. The van der Waals surface area contributed by atoms with Gasteiger partial charge in [-0.1, -0.05) is 45.0 Å². The summed E-state index contributed by atoms with van der Waals surface area (Å²) < 4.78 is 41.3. The molecule has 236 valence electrons. The molecule has 0 radical (unpaired) electrons. The molecule has 4 aromatic rings. The fourth-order valence-electron chi connectivity index (χ4n) is 5.44. The number of methoxy groups -OCH3 is 1. The van der Waals surface area contributed by atoms with E-state index in [0.717, 1.165) is 16.7 Å². The van der Waals surface area contributed by atoms with Gasteiger partial charge in [-0.2, -0.15) is 4.98 Å². The maximum Gasteiger partial charge on any atom is 0.264 e. The Bertz CT molecular complexity index is 1800. The third-order valence-electron chi connectivity index (χ3n) is 7.40. The number of rotatable bonds is 6. The Hall–Kier alpha value is -4.42. The second kappa shape index (κ2) is 12.9. The lowest BCUT2D eigenvalue weighted by molar-refractivity contribution is 0.0504. The monoisotopic (exact) mass is 630 g/mol. The van der Waals surface area contributed by atoms with Gasteiger partial charge in [0.25, 0.3) is 15.9 Å². The van der Waals surface area contributed by atoms with E-state index in [0.29, 0.717) is 30.2 Å². The molecule has 2 aromatic heterocycles. The lowest BCUT2D eigenvalue weighted by atomic mass is 9.87. The molecular formula is C33H38N6O5S. The molecule has 0 aliphatic carbocycles. The second-order valence-electron chi connectivity index (χ2n) is 12.4. The van der Waals surface area contributed by atoms with Gasteiger partial charge in [0, 0.05) is 30.5 Å². The van der Waals surface area contributed by atoms with E-state index in [1.165, 1.54) is 12.1 Å². The first kappa shape index (κ1) is 32.0. The number of nitrogens with one attached hydrogen (secondary N) is 1. The van der Waals surface area contributed by atoms with Crippen molar-refractivity contribution < 1.29 is 22.7 Å². The van der Waals surface area contributed by atoms with Crippen LogP contribution in [0.3, 0.4) is 0 Å². The van der Waals surface area contributed by atoms with Gasteiger partial charge in [0.15, 0.2) is 0 Å². The summed E-state index contributed by atoms with van der Waals surface area (Å²) in [5.41, 5.74) is 3.98. The Kier molecular flexibility index (Phi) is 9.17. The molecule has 1 aliphatic heterocycles. The second-order valence-corrected chi connectivity index (χ2v) is 14.1. The third kappa shape index (κ3) is 7.63. The van der Waals surface area contributed by atoms with E-state index in [4.69, 9.17) is 9.47 Å². The van der Waals surface area contributed by atoms with Crippen LogP contribution in [0.4, 0.5) is 5.95 Å². The van der Waals surface area contributed by atoms with Gasteiger partial charge in [-0.05, 0) is 61.1 Å². The predicted molar refractivity (Wildman–Crippen MR) is 170 cm³/mol. The molecule has 3 heterocycles.